The largest absolute Gasteiger partial charge is 0.391 e. The summed E-state index contributed by atoms with van der Waals surface area (Å²) in [6, 6.07) is 15.6. The number of hydrazine groups is 1. The van der Waals surface area contributed by atoms with Gasteiger partial charge in [-0.2, -0.15) is 0 Å². The zero-order chi connectivity index (χ0) is 26.3. The van der Waals surface area contributed by atoms with Crippen LogP contribution in [0, 0.1) is 18.7 Å². The molecule has 0 radical (unpaired) electrons. The van der Waals surface area contributed by atoms with Gasteiger partial charge in [-0.15, -0.1) is 0 Å². The topological polar surface area (TPSA) is 103 Å². The Labute approximate surface area is 215 Å². The van der Waals surface area contributed by atoms with E-state index in [1.54, 1.807) is 23.1 Å². The Hall–Kier alpha value is -3.56. The Morgan fingerprint density at radius 1 is 1.22 bits per heavy atom. The van der Waals surface area contributed by atoms with Crippen LogP contribution in [-0.4, -0.2) is 45.6 Å². The monoisotopic (exact) mass is 505 g/mol. The van der Waals surface area contributed by atoms with Gasteiger partial charge < -0.3 is 20.0 Å². The van der Waals surface area contributed by atoms with Gasteiger partial charge in [-0.05, 0) is 37.0 Å². The van der Waals surface area contributed by atoms with Crippen molar-refractivity contribution >= 4 is 11.7 Å². The third kappa shape index (κ3) is 4.76. The molecule has 5 rings (SSSR count). The standard InChI is InChI=1S/C28H32FN5O3/c1-16(2)25(24-13-17(3)32-37-24)27(36)34-15-20(35)14-23(34)26-30-28(4,33-31-26)19-11-9-18(10-12-19)21-7-5-6-8-22(21)29/h5-13,16,20,23,25,33,35H,14-15H2,1-4H3,(H,30,31). The van der Waals surface area contributed by atoms with Gasteiger partial charge in [0.1, 0.15) is 23.3 Å². The average Bonchev–Trinajstić information content (AvgIpc) is 3.58. The van der Waals surface area contributed by atoms with Crippen molar-refractivity contribution in [3.05, 3.63) is 77.4 Å². The minimum atomic E-state index is -0.801. The zero-order valence-electron chi connectivity index (χ0n) is 21.4. The van der Waals surface area contributed by atoms with E-state index in [1.165, 1.54) is 6.07 Å². The minimum Gasteiger partial charge on any atom is -0.391 e. The van der Waals surface area contributed by atoms with Gasteiger partial charge in [0.2, 0.25) is 5.91 Å². The lowest BCUT2D eigenvalue weighted by molar-refractivity contribution is -0.134. The summed E-state index contributed by atoms with van der Waals surface area (Å²) >= 11 is 0. The number of hydrogen-bond donors (Lipinski definition) is 3. The highest BCUT2D eigenvalue weighted by atomic mass is 19.1. The van der Waals surface area contributed by atoms with Crippen LogP contribution < -0.4 is 10.9 Å². The minimum absolute atomic E-state index is 0.0203. The molecule has 1 amide bonds. The fourth-order valence-electron chi connectivity index (χ4n) is 5.21. The number of nitrogens with one attached hydrogen (secondary N) is 2. The van der Waals surface area contributed by atoms with Gasteiger partial charge in [0.15, 0.2) is 5.66 Å². The van der Waals surface area contributed by atoms with Crippen LogP contribution in [0.4, 0.5) is 4.39 Å². The summed E-state index contributed by atoms with van der Waals surface area (Å²) in [6.45, 7) is 7.91. The van der Waals surface area contributed by atoms with Gasteiger partial charge >= 0.3 is 0 Å². The second kappa shape index (κ2) is 9.72. The number of amidine groups is 1. The number of benzene rings is 2. The molecule has 8 nitrogen and oxygen atoms in total. The van der Waals surface area contributed by atoms with Crippen molar-refractivity contribution in [2.75, 3.05) is 6.54 Å². The van der Waals surface area contributed by atoms with Crippen molar-refractivity contribution in [3.63, 3.8) is 0 Å². The van der Waals surface area contributed by atoms with Crippen molar-refractivity contribution in [1.29, 1.82) is 0 Å². The van der Waals surface area contributed by atoms with E-state index in [9.17, 15) is 14.3 Å². The lowest BCUT2D eigenvalue weighted by Gasteiger charge is -2.29. The lowest BCUT2D eigenvalue weighted by atomic mass is 9.91. The fourth-order valence-corrected chi connectivity index (χ4v) is 5.21. The van der Waals surface area contributed by atoms with E-state index in [4.69, 9.17) is 9.52 Å². The molecule has 1 fully saturated rings. The predicted octanol–water partition coefficient (Wildman–Crippen LogP) is 3.87. The molecule has 2 aliphatic heterocycles. The molecule has 37 heavy (non-hydrogen) atoms. The SMILES string of the molecule is Cc1cc(C(C(=O)N2CC(O)CC2C2=NC(C)(c3ccc(-c4ccccc4F)cc3)NN2)C(C)C)on1. The number of carbonyl (C=O) groups excluding carboxylic acids is 1. The second-order valence-corrected chi connectivity index (χ2v) is 10.4. The first-order chi connectivity index (χ1) is 17.7. The van der Waals surface area contributed by atoms with Gasteiger partial charge in [0.25, 0.3) is 0 Å². The van der Waals surface area contributed by atoms with Gasteiger partial charge in [-0.1, -0.05) is 61.5 Å². The molecule has 3 heterocycles. The molecular weight excluding hydrogens is 473 g/mol. The number of rotatable bonds is 6. The van der Waals surface area contributed by atoms with Crippen molar-refractivity contribution in [1.82, 2.24) is 20.9 Å². The molecule has 194 valence electrons. The number of nitrogens with zero attached hydrogens (tertiary/aromatic N) is 3. The first kappa shape index (κ1) is 25.1. The van der Waals surface area contributed by atoms with Crippen LogP contribution in [0.3, 0.4) is 0 Å². The van der Waals surface area contributed by atoms with Gasteiger partial charge in [-0.25, -0.2) is 14.8 Å². The number of aliphatic imine (C=N–C) groups is 1. The molecule has 0 saturated carbocycles. The molecule has 2 aromatic carbocycles. The van der Waals surface area contributed by atoms with Crippen molar-refractivity contribution in [2.24, 2.45) is 10.9 Å². The van der Waals surface area contributed by atoms with Crippen LogP contribution in [0.15, 0.2) is 64.1 Å². The van der Waals surface area contributed by atoms with Gasteiger partial charge in [0.05, 0.1) is 17.8 Å². The molecule has 3 aromatic rings. The highest BCUT2D eigenvalue weighted by Crippen LogP contribution is 2.34. The summed E-state index contributed by atoms with van der Waals surface area (Å²) in [4.78, 5) is 20.3. The molecule has 4 unspecified atom stereocenters. The smallest absolute Gasteiger partial charge is 0.234 e. The number of β-amino-alcohol motifs (C(OH)–C–C–N with tert-alkyl or cyclic N) is 1. The zero-order valence-corrected chi connectivity index (χ0v) is 21.4. The Morgan fingerprint density at radius 3 is 2.59 bits per heavy atom. The summed E-state index contributed by atoms with van der Waals surface area (Å²) in [7, 11) is 0. The first-order valence-electron chi connectivity index (χ1n) is 12.6. The number of aryl methyl sites for hydroxylation is 1. The molecule has 0 spiro atoms. The maximum absolute atomic E-state index is 14.2. The van der Waals surface area contributed by atoms with E-state index in [-0.39, 0.29) is 24.2 Å². The molecular formula is C28H32FN5O3. The number of aromatic nitrogens is 1. The van der Waals surface area contributed by atoms with E-state index < -0.39 is 23.7 Å². The van der Waals surface area contributed by atoms with E-state index in [0.717, 1.165) is 11.1 Å². The van der Waals surface area contributed by atoms with Crippen LogP contribution in [0.1, 0.15) is 50.1 Å². The third-order valence-electron chi connectivity index (χ3n) is 7.17. The number of likely N-dealkylation sites (tertiary alicyclic amines) is 1. The van der Waals surface area contributed by atoms with E-state index in [1.807, 2.05) is 58.0 Å². The molecule has 0 bridgehead atoms. The number of hydrogen-bond acceptors (Lipinski definition) is 7. The fraction of sp³-hybridized carbons (Fsp3) is 0.393. The van der Waals surface area contributed by atoms with Crippen LogP contribution in [0.5, 0.6) is 0 Å². The average molecular weight is 506 g/mol. The van der Waals surface area contributed by atoms with Crippen LogP contribution in [-0.2, 0) is 10.5 Å². The summed E-state index contributed by atoms with van der Waals surface area (Å²) in [6.07, 6.45) is -0.281. The molecule has 0 aliphatic carbocycles. The van der Waals surface area contributed by atoms with E-state index >= 15 is 0 Å². The highest BCUT2D eigenvalue weighted by molar-refractivity contribution is 5.94. The van der Waals surface area contributed by atoms with Crippen LogP contribution in [0.2, 0.25) is 0 Å². The predicted molar refractivity (Wildman–Crippen MR) is 138 cm³/mol. The Morgan fingerprint density at radius 2 is 1.95 bits per heavy atom. The van der Waals surface area contributed by atoms with Crippen molar-refractivity contribution in [3.8, 4) is 11.1 Å². The van der Waals surface area contributed by atoms with Crippen LogP contribution >= 0.6 is 0 Å². The molecule has 2 aliphatic rings. The Balaban J connectivity index is 1.40. The van der Waals surface area contributed by atoms with E-state index in [0.29, 0.717) is 29.3 Å². The summed E-state index contributed by atoms with van der Waals surface area (Å²) in [5.74, 6) is 0.181. The number of aliphatic hydroxyl groups excluding tert-OH is 1. The first-order valence-corrected chi connectivity index (χ1v) is 12.6. The molecule has 1 aromatic heterocycles. The van der Waals surface area contributed by atoms with Crippen molar-refractivity contribution < 1.29 is 18.8 Å². The van der Waals surface area contributed by atoms with Crippen LogP contribution in [0.25, 0.3) is 11.1 Å². The summed E-state index contributed by atoms with van der Waals surface area (Å²) < 4.78 is 19.7. The highest BCUT2D eigenvalue weighted by Gasteiger charge is 2.45. The van der Waals surface area contributed by atoms with Gasteiger partial charge in [-0.3, -0.25) is 4.79 Å². The maximum Gasteiger partial charge on any atom is 0.234 e. The third-order valence-corrected chi connectivity index (χ3v) is 7.17. The second-order valence-electron chi connectivity index (χ2n) is 10.4. The molecule has 9 heteroatoms. The quantitative estimate of drug-likeness (QED) is 0.470. The summed E-state index contributed by atoms with van der Waals surface area (Å²) in [5.41, 5.74) is 8.50. The Kier molecular flexibility index (Phi) is 6.59. The van der Waals surface area contributed by atoms with Gasteiger partial charge in [0, 0.05) is 24.6 Å². The number of aliphatic hydroxyl groups is 1. The van der Waals surface area contributed by atoms with Crippen molar-refractivity contribution in [2.45, 2.75) is 57.8 Å². The molecule has 1 saturated heterocycles. The lowest BCUT2D eigenvalue weighted by Crippen LogP contribution is -2.49. The Bertz CT molecular complexity index is 1320. The number of carbonyl (C=O) groups is 1. The maximum atomic E-state index is 14.2. The molecule has 3 N–H and O–H groups in total. The molecule has 4 atom stereocenters. The number of halogens is 1. The normalized spacial score (nSPS) is 24.3. The summed E-state index contributed by atoms with van der Waals surface area (Å²) in [5, 5.41) is 14.5. The number of amides is 1. The van der Waals surface area contributed by atoms with E-state index in [2.05, 4.69) is 16.0 Å².